The van der Waals surface area contributed by atoms with Crippen LogP contribution >= 0.6 is 15.8 Å². The third kappa shape index (κ3) is 5.35. The molecule has 5 rings (SSSR count). The van der Waals surface area contributed by atoms with Crippen LogP contribution in [0.25, 0.3) is 21.5 Å². The van der Waals surface area contributed by atoms with Crippen molar-refractivity contribution in [3.05, 3.63) is 108 Å². The molecule has 0 spiro atoms. The summed E-state index contributed by atoms with van der Waals surface area (Å²) in [5.74, 6) is 0.466. The molecule has 0 amide bonds. The van der Waals surface area contributed by atoms with Crippen LogP contribution in [0.3, 0.4) is 0 Å². The van der Waals surface area contributed by atoms with Crippen molar-refractivity contribution in [2.45, 2.75) is 64.4 Å². The summed E-state index contributed by atoms with van der Waals surface area (Å²) in [6, 6.07) is 31.9. The second-order valence-corrected chi connectivity index (χ2v) is 18.8. The van der Waals surface area contributed by atoms with Gasteiger partial charge in [-0.25, -0.2) is 0 Å². The summed E-state index contributed by atoms with van der Waals surface area (Å²) in [5.41, 5.74) is 0.603. The van der Waals surface area contributed by atoms with Gasteiger partial charge in [0.25, 0.3) is 0 Å². The van der Waals surface area contributed by atoms with Crippen LogP contribution in [0.4, 0.5) is 0 Å². The molecule has 0 heterocycles. The van der Waals surface area contributed by atoms with Gasteiger partial charge in [0.15, 0.2) is 0 Å². The first kappa shape index (κ1) is 26.4. The number of hydrogen-bond donors (Lipinski definition) is 0. The van der Waals surface area contributed by atoms with Crippen LogP contribution in [0.5, 0.6) is 0 Å². The van der Waals surface area contributed by atoms with Crippen molar-refractivity contribution in [2.24, 2.45) is 5.92 Å². The molecule has 2 atom stereocenters. The maximum Gasteiger partial charge on any atom is 0.00971 e. The van der Waals surface area contributed by atoms with Crippen molar-refractivity contribution >= 4 is 48.0 Å². The zero-order valence-corrected chi connectivity index (χ0v) is 25.2. The Balaban J connectivity index is 1.65. The number of allylic oxidation sites excluding steroid dienone is 4. The van der Waals surface area contributed by atoms with Crippen LogP contribution < -0.4 is 10.6 Å². The SMILES string of the molecule is CC(C1C=CC=C1P(c1ccc2ccccc2c1)c1ccc2ccccc2c1)P(C(C)(C)C)C(C)(C)C. The van der Waals surface area contributed by atoms with Gasteiger partial charge in [0, 0.05) is 5.92 Å². The Hall–Kier alpha value is -2.26. The third-order valence-electron chi connectivity index (χ3n) is 7.54. The van der Waals surface area contributed by atoms with Crippen LogP contribution in [0.15, 0.2) is 108 Å². The molecule has 0 N–H and O–H groups in total. The number of rotatable bonds is 5. The van der Waals surface area contributed by atoms with E-state index in [0.717, 1.165) is 0 Å². The Morgan fingerprint density at radius 2 is 1.08 bits per heavy atom. The average Bonchev–Trinajstić information content (AvgIpc) is 3.32. The van der Waals surface area contributed by atoms with Crippen molar-refractivity contribution in [3.63, 3.8) is 0 Å². The molecule has 0 aromatic heterocycles. The molecule has 4 aromatic rings. The molecule has 0 saturated carbocycles. The Morgan fingerprint density at radius 3 is 1.54 bits per heavy atom. The van der Waals surface area contributed by atoms with Gasteiger partial charge in [-0.05, 0) is 73.5 Å². The lowest BCUT2D eigenvalue weighted by atomic mass is 10.1. The molecule has 190 valence electrons. The summed E-state index contributed by atoms with van der Waals surface area (Å²) < 4.78 is 0. The van der Waals surface area contributed by atoms with E-state index in [1.807, 2.05) is 0 Å². The van der Waals surface area contributed by atoms with Gasteiger partial charge in [-0.3, -0.25) is 0 Å². The minimum Gasteiger partial charge on any atom is -0.0918 e. The van der Waals surface area contributed by atoms with Gasteiger partial charge in [0.2, 0.25) is 0 Å². The minimum absolute atomic E-state index is 0.242. The zero-order chi connectivity index (χ0) is 26.4. The Bertz CT molecular complexity index is 1390. The Morgan fingerprint density at radius 1 is 0.622 bits per heavy atom. The number of fused-ring (bicyclic) bond motifs is 2. The topological polar surface area (TPSA) is 0 Å². The van der Waals surface area contributed by atoms with Crippen LogP contribution in [-0.4, -0.2) is 16.0 Å². The first-order chi connectivity index (χ1) is 17.5. The Labute approximate surface area is 226 Å². The molecule has 0 radical (unpaired) electrons. The van der Waals surface area contributed by atoms with E-state index in [1.165, 1.54) is 32.2 Å². The van der Waals surface area contributed by atoms with Crippen molar-refractivity contribution in [1.29, 1.82) is 0 Å². The molecule has 0 fully saturated rings. The molecular weight excluding hydrogens is 482 g/mol. The third-order valence-corrected chi connectivity index (χ3v) is 14.1. The smallest absolute Gasteiger partial charge is 0.00971 e. The van der Waals surface area contributed by atoms with Gasteiger partial charge in [-0.1, -0.05) is 147 Å². The lowest BCUT2D eigenvalue weighted by molar-refractivity contribution is 0.658. The summed E-state index contributed by atoms with van der Waals surface area (Å²) in [6.45, 7) is 17.3. The molecular formula is C35H40P2. The molecule has 2 unspecified atom stereocenters. The van der Waals surface area contributed by atoms with Crippen molar-refractivity contribution in [1.82, 2.24) is 0 Å². The summed E-state index contributed by atoms with van der Waals surface area (Å²) in [6.07, 6.45) is 7.30. The molecule has 0 aliphatic heterocycles. The number of hydrogen-bond acceptors (Lipinski definition) is 0. The Kier molecular flexibility index (Phi) is 7.22. The summed E-state index contributed by atoms with van der Waals surface area (Å²) in [5, 5.41) is 10.4. The van der Waals surface area contributed by atoms with Gasteiger partial charge in [-0.15, -0.1) is 0 Å². The van der Waals surface area contributed by atoms with Crippen LogP contribution in [-0.2, 0) is 0 Å². The molecule has 37 heavy (non-hydrogen) atoms. The van der Waals surface area contributed by atoms with E-state index >= 15 is 0 Å². The van der Waals surface area contributed by atoms with Crippen LogP contribution in [0.2, 0.25) is 0 Å². The summed E-state index contributed by atoms with van der Waals surface area (Å²) in [7, 11) is -0.900. The van der Waals surface area contributed by atoms with Crippen molar-refractivity contribution in [2.75, 3.05) is 0 Å². The predicted molar refractivity (Wildman–Crippen MR) is 171 cm³/mol. The van der Waals surface area contributed by atoms with Gasteiger partial charge >= 0.3 is 0 Å². The normalized spacial score (nSPS) is 17.2. The van der Waals surface area contributed by atoms with Gasteiger partial charge in [0.05, 0.1) is 0 Å². The quantitative estimate of drug-likeness (QED) is 0.229. The second-order valence-electron chi connectivity index (χ2n) is 12.4. The standard InChI is InChI=1S/C35H40P2/c1-25(37(34(2,3)4)35(5,6)7)32-17-12-18-33(32)36(30-21-19-26-13-8-10-15-28(26)23-30)31-22-20-27-14-9-11-16-29(27)24-31/h8-25,32H,1-7H3. The first-order valence-corrected chi connectivity index (χ1v) is 16.2. The molecule has 4 aromatic carbocycles. The van der Waals surface area contributed by atoms with E-state index in [0.29, 0.717) is 21.9 Å². The molecule has 0 bridgehead atoms. The number of benzene rings is 4. The maximum atomic E-state index is 2.53. The molecule has 2 heteroatoms. The lowest BCUT2D eigenvalue weighted by Crippen LogP contribution is -2.34. The molecule has 0 saturated heterocycles. The van der Waals surface area contributed by atoms with Crippen LogP contribution in [0.1, 0.15) is 48.5 Å². The second kappa shape index (κ2) is 10.1. The maximum absolute atomic E-state index is 2.53. The highest BCUT2D eigenvalue weighted by atomic mass is 31.1. The van der Waals surface area contributed by atoms with Crippen LogP contribution in [0, 0.1) is 5.92 Å². The van der Waals surface area contributed by atoms with E-state index in [-0.39, 0.29) is 7.92 Å². The van der Waals surface area contributed by atoms with E-state index in [4.69, 9.17) is 0 Å². The predicted octanol–water partition coefficient (Wildman–Crippen LogP) is 9.96. The van der Waals surface area contributed by atoms with E-state index < -0.39 is 7.92 Å². The fourth-order valence-electron chi connectivity index (χ4n) is 6.58. The van der Waals surface area contributed by atoms with Gasteiger partial charge < -0.3 is 0 Å². The highest BCUT2D eigenvalue weighted by Gasteiger charge is 2.42. The lowest BCUT2D eigenvalue weighted by Gasteiger charge is -2.48. The summed E-state index contributed by atoms with van der Waals surface area (Å²) in [4.78, 5) is 0. The fraction of sp³-hybridized carbons (Fsp3) is 0.314. The van der Waals surface area contributed by atoms with Crippen molar-refractivity contribution in [3.8, 4) is 0 Å². The molecule has 1 aliphatic rings. The monoisotopic (exact) mass is 522 g/mol. The van der Waals surface area contributed by atoms with Crippen molar-refractivity contribution < 1.29 is 0 Å². The summed E-state index contributed by atoms with van der Waals surface area (Å²) >= 11 is 0. The highest BCUT2D eigenvalue weighted by Crippen LogP contribution is 2.66. The van der Waals surface area contributed by atoms with E-state index in [2.05, 4.69) is 152 Å². The van der Waals surface area contributed by atoms with Gasteiger partial charge in [-0.2, -0.15) is 0 Å². The highest BCUT2D eigenvalue weighted by molar-refractivity contribution is 7.77. The fourth-order valence-corrected chi connectivity index (χ4v) is 14.5. The van der Waals surface area contributed by atoms with E-state index in [1.54, 1.807) is 5.31 Å². The average molecular weight is 523 g/mol. The first-order valence-electron chi connectivity index (χ1n) is 13.5. The largest absolute Gasteiger partial charge is 0.0918 e. The van der Waals surface area contributed by atoms with Gasteiger partial charge in [0.1, 0.15) is 0 Å². The zero-order valence-electron chi connectivity index (χ0n) is 23.4. The molecule has 1 aliphatic carbocycles. The minimum atomic E-state index is -0.658. The molecule has 0 nitrogen and oxygen atoms in total. The van der Waals surface area contributed by atoms with E-state index in [9.17, 15) is 0 Å².